The lowest BCUT2D eigenvalue weighted by Gasteiger charge is -2.07. The van der Waals surface area contributed by atoms with E-state index in [9.17, 15) is 0 Å². The fourth-order valence-electron chi connectivity index (χ4n) is 4.01. The van der Waals surface area contributed by atoms with Gasteiger partial charge in [-0.2, -0.15) is 0 Å². The summed E-state index contributed by atoms with van der Waals surface area (Å²) < 4.78 is 4.88. The van der Waals surface area contributed by atoms with E-state index in [0.29, 0.717) is 0 Å². The minimum Gasteiger partial charge on any atom is -0.309 e. The highest BCUT2D eigenvalue weighted by Crippen LogP contribution is 2.41. The van der Waals surface area contributed by atoms with Crippen LogP contribution in [0.1, 0.15) is 0 Å². The molecule has 0 saturated heterocycles. The first kappa shape index (κ1) is 14.0. The predicted molar refractivity (Wildman–Crippen MR) is 111 cm³/mol. The molecule has 2 nitrogen and oxygen atoms in total. The van der Waals surface area contributed by atoms with E-state index in [2.05, 4.69) is 77.4 Å². The van der Waals surface area contributed by atoms with E-state index in [1.807, 2.05) is 23.6 Å². The first-order chi connectivity index (χ1) is 12.9. The minimum absolute atomic E-state index is 1.08. The number of aromatic nitrogens is 2. The van der Waals surface area contributed by atoms with Crippen molar-refractivity contribution in [2.75, 3.05) is 0 Å². The summed E-state index contributed by atoms with van der Waals surface area (Å²) in [7, 11) is 0. The maximum atomic E-state index is 4.73. The van der Waals surface area contributed by atoms with Gasteiger partial charge in [0.05, 0.1) is 21.3 Å². The van der Waals surface area contributed by atoms with Gasteiger partial charge in [-0.1, -0.05) is 36.4 Å². The molecule has 0 saturated carbocycles. The Balaban J connectivity index is 1.99. The second-order valence-corrected chi connectivity index (χ2v) is 7.56. The predicted octanol–water partition coefficient (Wildman–Crippen LogP) is 6.55. The van der Waals surface area contributed by atoms with Crippen molar-refractivity contribution in [3.8, 4) is 5.69 Å². The molecule has 0 N–H and O–H groups in total. The van der Waals surface area contributed by atoms with Gasteiger partial charge in [-0.15, -0.1) is 11.3 Å². The lowest BCUT2D eigenvalue weighted by molar-refractivity contribution is 1.18. The summed E-state index contributed by atoms with van der Waals surface area (Å²) in [5.41, 5.74) is 4.74. The Labute approximate surface area is 153 Å². The third-order valence-electron chi connectivity index (χ3n) is 5.04. The van der Waals surface area contributed by atoms with E-state index in [4.69, 9.17) is 4.98 Å². The van der Waals surface area contributed by atoms with Gasteiger partial charge in [0.1, 0.15) is 0 Å². The zero-order valence-corrected chi connectivity index (χ0v) is 14.7. The first-order valence-electron chi connectivity index (χ1n) is 8.66. The SMILES string of the molecule is c1ccc(-n2c3cccc4sc5cccnc5c5cccc2c5c43)cc1. The maximum Gasteiger partial charge on any atom is 0.0881 e. The Morgan fingerprint density at radius 2 is 1.42 bits per heavy atom. The fraction of sp³-hybridized carbons (Fsp3) is 0. The summed E-state index contributed by atoms with van der Waals surface area (Å²) in [4.78, 5) is 4.73. The van der Waals surface area contributed by atoms with Crippen LogP contribution in [0.2, 0.25) is 0 Å². The van der Waals surface area contributed by atoms with E-state index >= 15 is 0 Å². The molecule has 0 atom stereocenters. The van der Waals surface area contributed by atoms with Crippen LogP contribution in [0.25, 0.3) is 47.8 Å². The Morgan fingerprint density at radius 3 is 2.31 bits per heavy atom. The molecule has 122 valence electrons. The lowest BCUT2D eigenvalue weighted by atomic mass is 10.1. The molecule has 0 fully saturated rings. The van der Waals surface area contributed by atoms with Crippen molar-refractivity contribution in [3.63, 3.8) is 0 Å². The minimum atomic E-state index is 1.08. The van der Waals surface area contributed by atoms with E-state index in [1.165, 1.54) is 42.3 Å². The second-order valence-electron chi connectivity index (χ2n) is 6.47. The van der Waals surface area contributed by atoms with Crippen LogP contribution in [-0.4, -0.2) is 9.55 Å². The summed E-state index contributed by atoms with van der Waals surface area (Å²) >= 11 is 1.82. The van der Waals surface area contributed by atoms with Crippen molar-refractivity contribution in [2.45, 2.75) is 0 Å². The molecule has 3 aromatic heterocycles. The fourth-order valence-corrected chi connectivity index (χ4v) is 5.11. The Kier molecular flexibility index (Phi) is 2.79. The van der Waals surface area contributed by atoms with Crippen LogP contribution in [0.3, 0.4) is 0 Å². The van der Waals surface area contributed by atoms with Crippen molar-refractivity contribution in [2.24, 2.45) is 0 Å². The van der Waals surface area contributed by atoms with Crippen LogP contribution in [0.5, 0.6) is 0 Å². The van der Waals surface area contributed by atoms with Gasteiger partial charge in [0, 0.05) is 32.7 Å². The van der Waals surface area contributed by atoms with Gasteiger partial charge >= 0.3 is 0 Å². The molecule has 3 heterocycles. The Hall–Kier alpha value is -3.17. The van der Waals surface area contributed by atoms with Crippen LogP contribution < -0.4 is 0 Å². The van der Waals surface area contributed by atoms with Crippen LogP contribution in [-0.2, 0) is 0 Å². The molecule has 0 bridgehead atoms. The average molecular weight is 350 g/mol. The smallest absolute Gasteiger partial charge is 0.0881 e. The number of para-hydroxylation sites is 1. The third-order valence-corrected chi connectivity index (χ3v) is 6.15. The number of nitrogens with zero attached hydrogens (tertiary/aromatic N) is 2. The molecule has 0 amide bonds. The van der Waals surface area contributed by atoms with Crippen molar-refractivity contribution in [3.05, 3.63) is 85.1 Å². The number of hydrogen-bond donors (Lipinski definition) is 0. The van der Waals surface area contributed by atoms with Gasteiger partial charge in [-0.25, -0.2) is 0 Å². The largest absolute Gasteiger partial charge is 0.309 e. The van der Waals surface area contributed by atoms with E-state index in [1.54, 1.807) is 0 Å². The van der Waals surface area contributed by atoms with Gasteiger partial charge in [-0.05, 0) is 42.5 Å². The van der Waals surface area contributed by atoms with Gasteiger partial charge in [0.2, 0.25) is 0 Å². The highest BCUT2D eigenvalue weighted by Gasteiger charge is 2.17. The summed E-state index contributed by atoms with van der Waals surface area (Å²) in [6, 6.07) is 27.9. The molecular formula is C23H14N2S. The lowest BCUT2D eigenvalue weighted by Crippen LogP contribution is -1.92. The molecular weight excluding hydrogens is 336 g/mol. The van der Waals surface area contributed by atoms with E-state index < -0.39 is 0 Å². The Bertz CT molecular complexity index is 1420. The van der Waals surface area contributed by atoms with Crippen molar-refractivity contribution in [1.82, 2.24) is 9.55 Å². The van der Waals surface area contributed by atoms with Gasteiger partial charge in [0.15, 0.2) is 0 Å². The molecule has 0 spiro atoms. The van der Waals surface area contributed by atoms with Gasteiger partial charge in [-0.3, -0.25) is 4.98 Å². The summed E-state index contributed by atoms with van der Waals surface area (Å²) in [5.74, 6) is 0. The summed E-state index contributed by atoms with van der Waals surface area (Å²) in [6.07, 6.45) is 1.89. The van der Waals surface area contributed by atoms with Crippen LogP contribution in [0.15, 0.2) is 85.1 Å². The highest BCUT2D eigenvalue weighted by molar-refractivity contribution is 7.24. The van der Waals surface area contributed by atoms with Crippen molar-refractivity contribution in [1.29, 1.82) is 0 Å². The van der Waals surface area contributed by atoms with Crippen molar-refractivity contribution < 1.29 is 0 Å². The molecule has 0 unspecified atom stereocenters. The van der Waals surface area contributed by atoms with Crippen LogP contribution in [0.4, 0.5) is 0 Å². The van der Waals surface area contributed by atoms with Gasteiger partial charge in [0.25, 0.3) is 0 Å². The monoisotopic (exact) mass is 350 g/mol. The average Bonchev–Trinajstić information content (AvgIpc) is 2.96. The molecule has 6 rings (SSSR count). The van der Waals surface area contributed by atoms with Crippen LogP contribution in [0, 0.1) is 0 Å². The first-order valence-corrected chi connectivity index (χ1v) is 9.48. The topological polar surface area (TPSA) is 17.8 Å². The molecule has 3 aromatic carbocycles. The molecule has 26 heavy (non-hydrogen) atoms. The second kappa shape index (κ2) is 5.16. The number of hydrogen-bond acceptors (Lipinski definition) is 2. The number of fused-ring (bicyclic) bond motifs is 2. The third kappa shape index (κ3) is 1.78. The highest BCUT2D eigenvalue weighted by atomic mass is 32.1. The zero-order valence-electron chi connectivity index (χ0n) is 13.9. The molecule has 0 aliphatic carbocycles. The molecule has 0 aliphatic heterocycles. The number of rotatable bonds is 1. The van der Waals surface area contributed by atoms with E-state index in [0.717, 1.165) is 5.52 Å². The summed E-state index contributed by atoms with van der Waals surface area (Å²) in [5, 5.41) is 3.84. The molecule has 6 aromatic rings. The zero-order chi connectivity index (χ0) is 17.1. The summed E-state index contributed by atoms with van der Waals surface area (Å²) in [6.45, 7) is 0. The standard InChI is InChI=1S/C23H14N2S/c1-2-7-15(8-3-1)25-17-10-4-9-16-21(17)22-18(25)11-5-12-19(22)26-20-13-6-14-24-23(16)20/h1-14H. The quantitative estimate of drug-likeness (QED) is 0.329. The Morgan fingerprint density at radius 1 is 0.654 bits per heavy atom. The molecule has 0 aliphatic rings. The van der Waals surface area contributed by atoms with Gasteiger partial charge < -0.3 is 4.57 Å². The van der Waals surface area contributed by atoms with E-state index in [-0.39, 0.29) is 0 Å². The number of pyridine rings is 1. The molecule has 3 heteroatoms. The normalized spacial score (nSPS) is 11.8. The van der Waals surface area contributed by atoms with Crippen LogP contribution >= 0.6 is 11.3 Å². The molecule has 0 radical (unpaired) electrons. The maximum absolute atomic E-state index is 4.73. The number of benzene rings is 3. The van der Waals surface area contributed by atoms with Crippen molar-refractivity contribution >= 4 is 53.4 Å².